The summed E-state index contributed by atoms with van der Waals surface area (Å²) >= 11 is 1.15. The van der Waals surface area contributed by atoms with Crippen molar-refractivity contribution < 1.29 is 4.79 Å². The van der Waals surface area contributed by atoms with Crippen LogP contribution in [0.5, 0.6) is 0 Å². The van der Waals surface area contributed by atoms with Crippen LogP contribution in [0.3, 0.4) is 0 Å². The molecule has 0 saturated heterocycles. The number of rotatable bonds is 5. The minimum absolute atomic E-state index is 0.0958. The SMILES string of the molecule is O=C(CSc1nc2cc(-c3ccccc3)nn2c(=O)[nH]1)c1nc2ccccc2[nH]1. The highest BCUT2D eigenvalue weighted by Crippen LogP contribution is 2.20. The van der Waals surface area contributed by atoms with Crippen LogP contribution in [0.1, 0.15) is 10.6 Å². The van der Waals surface area contributed by atoms with Crippen LogP contribution >= 0.6 is 11.8 Å². The highest BCUT2D eigenvalue weighted by molar-refractivity contribution is 7.99. The maximum atomic E-state index is 12.5. The zero-order valence-electron chi connectivity index (χ0n) is 15.0. The summed E-state index contributed by atoms with van der Waals surface area (Å²) in [7, 11) is 0. The van der Waals surface area contributed by atoms with Crippen LogP contribution < -0.4 is 5.69 Å². The number of hydrogen-bond donors (Lipinski definition) is 2. The van der Waals surface area contributed by atoms with Crippen molar-refractivity contribution in [3.63, 3.8) is 0 Å². The number of imidazole rings is 1. The molecular weight excluding hydrogens is 388 g/mol. The Morgan fingerprint density at radius 3 is 2.62 bits per heavy atom. The summed E-state index contributed by atoms with van der Waals surface area (Å²) < 4.78 is 1.22. The molecule has 2 N–H and O–H groups in total. The summed E-state index contributed by atoms with van der Waals surface area (Å²) in [4.78, 5) is 39.2. The van der Waals surface area contributed by atoms with E-state index in [9.17, 15) is 9.59 Å². The lowest BCUT2D eigenvalue weighted by molar-refractivity contribution is 0.101. The summed E-state index contributed by atoms with van der Waals surface area (Å²) in [6, 6.07) is 18.7. The molecule has 3 aromatic heterocycles. The van der Waals surface area contributed by atoms with Gasteiger partial charge in [-0.05, 0) is 12.1 Å². The van der Waals surface area contributed by atoms with Crippen LogP contribution in [0, 0.1) is 0 Å². The average molecular weight is 402 g/mol. The molecule has 0 radical (unpaired) electrons. The van der Waals surface area contributed by atoms with E-state index >= 15 is 0 Å². The molecule has 3 heterocycles. The first-order valence-electron chi connectivity index (χ1n) is 8.84. The van der Waals surface area contributed by atoms with E-state index in [0.29, 0.717) is 16.5 Å². The minimum Gasteiger partial charge on any atom is -0.335 e. The number of ketones is 1. The molecule has 0 aliphatic rings. The van der Waals surface area contributed by atoms with E-state index in [-0.39, 0.29) is 17.4 Å². The molecule has 5 rings (SSSR count). The Hall–Kier alpha value is -3.72. The number of fused-ring (bicyclic) bond motifs is 2. The zero-order valence-corrected chi connectivity index (χ0v) is 15.8. The van der Waals surface area contributed by atoms with E-state index < -0.39 is 5.69 Å². The van der Waals surface area contributed by atoms with Crippen molar-refractivity contribution in [3.8, 4) is 11.3 Å². The Bertz CT molecular complexity index is 1370. The number of carbonyl (C=O) groups is 1. The van der Waals surface area contributed by atoms with Crippen LogP contribution in [-0.4, -0.2) is 41.1 Å². The molecular formula is C20H14N6O2S. The molecule has 0 atom stereocenters. The predicted octanol–water partition coefficient (Wildman–Crippen LogP) is 2.94. The molecule has 2 aromatic carbocycles. The molecule has 0 saturated carbocycles. The average Bonchev–Trinajstić information content (AvgIpc) is 3.37. The number of carbonyl (C=O) groups excluding carboxylic acids is 1. The van der Waals surface area contributed by atoms with Crippen molar-refractivity contribution in [1.29, 1.82) is 0 Å². The first-order valence-corrected chi connectivity index (χ1v) is 9.82. The van der Waals surface area contributed by atoms with Gasteiger partial charge in [0.15, 0.2) is 16.6 Å². The molecule has 8 nitrogen and oxygen atoms in total. The maximum absolute atomic E-state index is 12.5. The Morgan fingerprint density at radius 1 is 1.00 bits per heavy atom. The number of para-hydroxylation sites is 2. The quantitative estimate of drug-likeness (QED) is 0.346. The Morgan fingerprint density at radius 2 is 1.79 bits per heavy atom. The van der Waals surface area contributed by atoms with Gasteiger partial charge in [-0.15, -0.1) is 0 Å². The minimum atomic E-state index is -0.407. The van der Waals surface area contributed by atoms with Crippen molar-refractivity contribution in [2.45, 2.75) is 5.16 Å². The first kappa shape index (κ1) is 17.4. The zero-order chi connectivity index (χ0) is 19.8. The van der Waals surface area contributed by atoms with Crippen LogP contribution in [0.25, 0.3) is 27.9 Å². The van der Waals surface area contributed by atoms with Gasteiger partial charge in [0, 0.05) is 11.6 Å². The van der Waals surface area contributed by atoms with E-state index in [1.165, 1.54) is 4.52 Å². The maximum Gasteiger partial charge on any atom is 0.350 e. The van der Waals surface area contributed by atoms with E-state index in [1.54, 1.807) is 6.07 Å². The number of aromatic amines is 2. The van der Waals surface area contributed by atoms with Crippen molar-refractivity contribution in [2.75, 3.05) is 5.75 Å². The molecule has 0 aliphatic heterocycles. The highest BCUT2D eigenvalue weighted by Gasteiger charge is 2.14. The van der Waals surface area contributed by atoms with Gasteiger partial charge in [0.2, 0.25) is 5.78 Å². The van der Waals surface area contributed by atoms with Crippen molar-refractivity contribution in [2.24, 2.45) is 0 Å². The smallest absolute Gasteiger partial charge is 0.335 e. The molecule has 142 valence electrons. The number of hydrogen-bond acceptors (Lipinski definition) is 6. The highest BCUT2D eigenvalue weighted by atomic mass is 32.2. The molecule has 9 heteroatoms. The number of benzene rings is 2. The predicted molar refractivity (Wildman–Crippen MR) is 110 cm³/mol. The monoisotopic (exact) mass is 402 g/mol. The van der Waals surface area contributed by atoms with E-state index in [2.05, 4.69) is 25.0 Å². The molecule has 0 spiro atoms. The molecule has 5 aromatic rings. The van der Waals surface area contributed by atoms with E-state index in [1.807, 2.05) is 54.6 Å². The standard InChI is InChI=1S/C20H14N6O2S/c27-16(18-21-13-8-4-5-9-14(13)22-18)11-29-19-23-17-10-15(12-6-2-1-3-7-12)25-26(17)20(28)24-19/h1-10H,11H2,(H,21,22)(H,23,24,28). The first-order chi connectivity index (χ1) is 14.2. The van der Waals surface area contributed by atoms with Crippen LogP contribution in [0.4, 0.5) is 0 Å². The Balaban J connectivity index is 1.39. The van der Waals surface area contributed by atoms with Crippen molar-refractivity contribution >= 4 is 34.2 Å². The third-order valence-corrected chi connectivity index (χ3v) is 5.25. The summed E-state index contributed by atoms with van der Waals surface area (Å²) in [6.07, 6.45) is 0. The number of aromatic nitrogens is 6. The Kier molecular flexibility index (Phi) is 4.21. The molecule has 0 bridgehead atoms. The van der Waals surface area contributed by atoms with Gasteiger partial charge in [0.25, 0.3) is 0 Å². The van der Waals surface area contributed by atoms with Gasteiger partial charge in [-0.1, -0.05) is 54.2 Å². The third kappa shape index (κ3) is 3.32. The van der Waals surface area contributed by atoms with Crippen molar-refractivity contribution in [3.05, 3.63) is 77.0 Å². The summed E-state index contributed by atoms with van der Waals surface area (Å²) in [5.74, 6) is 0.212. The number of H-pyrrole nitrogens is 2. The van der Waals surface area contributed by atoms with E-state index in [4.69, 9.17) is 0 Å². The number of nitrogens with one attached hydrogen (secondary N) is 2. The second-order valence-corrected chi connectivity index (χ2v) is 7.29. The lowest BCUT2D eigenvalue weighted by atomic mass is 10.2. The van der Waals surface area contributed by atoms with Crippen molar-refractivity contribution in [1.82, 2.24) is 29.5 Å². The van der Waals surface area contributed by atoms with Gasteiger partial charge in [-0.25, -0.2) is 14.8 Å². The number of nitrogens with zero attached hydrogens (tertiary/aromatic N) is 4. The number of Topliss-reactive ketones (excluding diaryl/α,β-unsaturated/α-hetero) is 1. The van der Waals surface area contributed by atoms with Gasteiger partial charge in [0.05, 0.1) is 22.5 Å². The van der Waals surface area contributed by atoms with Gasteiger partial charge < -0.3 is 4.98 Å². The molecule has 0 amide bonds. The number of thioether (sulfide) groups is 1. The van der Waals surface area contributed by atoms with Crippen LogP contribution in [0.15, 0.2) is 70.6 Å². The normalized spacial score (nSPS) is 11.3. The fourth-order valence-corrected chi connectivity index (χ4v) is 3.70. The molecule has 29 heavy (non-hydrogen) atoms. The van der Waals surface area contributed by atoms with Gasteiger partial charge in [0.1, 0.15) is 0 Å². The second-order valence-electron chi connectivity index (χ2n) is 6.33. The fraction of sp³-hybridized carbons (Fsp3) is 0.0500. The van der Waals surface area contributed by atoms with Gasteiger partial charge in [-0.3, -0.25) is 9.78 Å². The fourth-order valence-electron chi connectivity index (χ4n) is 2.98. The lowest BCUT2D eigenvalue weighted by Gasteiger charge is -1.99. The molecule has 0 fully saturated rings. The summed E-state index contributed by atoms with van der Waals surface area (Å²) in [6.45, 7) is 0. The van der Waals surface area contributed by atoms with Crippen LogP contribution in [0.2, 0.25) is 0 Å². The Labute approximate surface area is 168 Å². The topological polar surface area (TPSA) is 109 Å². The summed E-state index contributed by atoms with van der Waals surface area (Å²) in [5, 5.41) is 4.66. The van der Waals surface area contributed by atoms with Crippen LogP contribution in [-0.2, 0) is 0 Å². The van der Waals surface area contributed by atoms with Gasteiger partial charge in [-0.2, -0.15) is 9.61 Å². The third-order valence-electron chi connectivity index (χ3n) is 4.38. The molecule has 0 aliphatic carbocycles. The van der Waals surface area contributed by atoms with Gasteiger partial charge >= 0.3 is 5.69 Å². The van der Waals surface area contributed by atoms with E-state index in [0.717, 1.165) is 28.4 Å². The molecule has 0 unspecified atom stereocenters. The lowest BCUT2D eigenvalue weighted by Crippen LogP contribution is -2.19. The summed E-state index contributed by atoms with van der Waals surface area (Å²) in [5.41, 5.74) is 3.11. The largest absolute Gasteiger partial charge is 0.350 e. The second kappa shape index (κ2) is 7.02.